The Kier molecular flexibility index (Phi) is 4.68. The van der Waals surface area contributed by atoms with E-state index in [1.165, 1.54) is 16.8 Å². The fourth-order valence-corrected chi connectivity index (χ4v) is 5.06. The number of Topliss-reactive ketones (excluding diaryl/α,β-unsaturated/α-hetero) is 1. The van der Waals surface area contributed by atoms with E-state index >= 15 is 0 Å². The van der Waals surface area contributed by atoms with Crippen LogP contribution in [0.15, 0.2) is 30.3 Å². The van der Waals surface area contributed by atoms with Gasteiger partial charge in [0.25, 0.3) is 0 Å². The van der Waals surface area contributed by atoms with Gasteiger partial charge in [0, 0.05) is 53.2 Å². The van der Waals surface area contributed by atoms with Crippen LogP contribution < -0.4 is 20.3 Å². The van der Waals surface area contributed by atoms with Gasteiger partial charge in [0.05, 0.1) is 20.3 Å². The van der Waals surface area contributed by atoms with Crippen molar-refractivity contribution in [2.45, 2.75) is 31.9 Å². The predicted octanol–water partition coefficient (Wildman–Crippen LogP) is 3.44. The molecule has 3 aliphatic rings. The fourth-order valence-electron chi connectivity index (χ4n) is 5.06. The zero-order valence-corrected chi connectivity index (χ0v) is 17.0. The molecular weight excluding hydrogens is 366 g/mol. The van der Waals surface area contributed by atoms with E-state index in [1.54, 1.807) is 20.1 Å². The first kappa shape index (κ1) is 18.5. The molecular formula is C23H27N3O3. The van der Waals surface area contributed by atoms with Gasteiger partial charge >= 0.3 is 0 Å². The van der Waals surface area contributed by atoms with Crippen LogP contribution in [0.2, 0.25) is 0 Å². The lowest BCUT2D eigenvalue weighted by atomic mass is 9.89. The van der Waals surface area contributed by atoms with Crippen molar-refractivity contribution in [1.82, 2.24) is 5.32 Å². The smallest absolute Gasteiger partial charge is 0.162 e. The van der Waals surface area contributed by atoms with E-state index in [4.69, 9.17) is 9.47 Å². The molecule has 6 nitrogen and oxygen atoms in total. The third kappa shape index (κ3) is 3.16. The second kappa shape index (κ2) is 7.35. The Labute approximate surface area is 171 Å². The fraction of sp³-hybridized carbons (Fsp3) is 0.435. The third-order valence-corrected chi connectivity index (χ3v) is 6.37. The van der Waals surface area contributed by atoms with Gasteiger partial charge in [-0.25, -0.2) is 0 Å². The maximum Gasteiger partial charge on any atom is 0.162 e. The number of fused-ring (bicyclic) bond motifs is 3. The third-order valence-electron chi connectivity index (χ3n) is 6.37. The normalized spacial score (nSPS) is 22.5. The zero-order chi connectivity index (χ0) is 20.0. The number of rotatable bonds is 4. The summed E-state index contributed by atoms with van der Waals surface area (Å²) in [6, 6.07) is 10.6. The van der Waals surface area contributed by atoms with Gasteiger partial charge in [-0.15, -0.1) is 0 Å². The quantitative estimate of drug-likeness (QED) is 0.776. The number of hydrogen-bond donors (Lipinski definition) is 2. The highest BCUT2D eigenvalue weighted by Crippen LogP contribution is 2.47. The van der Waals surface area contributed by atoms with Gasteiger partial charge in [0.2, 0.25) is 0 Å². The van der Waals surface area contributed by atoms with Gasteiger partial charge in [-0.1, -0.05) is 0 Å². The lowest BCUT2D eigenvalue weighted by Crippen LogP contribution is -2.44. The Balaban J connectivity index is 1.56. The van der Waals surface area contributed by atoms with Gasteiger partial charge in [-0.2, -0.15) is 0 Å². The first-order valence-corrected chi connectivity index (χ1v) is 10.3. The SMILES string of the molecule is COc1ccc(Nc2cc3c4c(c2)[C@@H]2CNCC[C@@H]2N4CCOC3)c(C(C)=O)c1. The zero-order valence-electron chi connectivity index (χ0n) is 17.0. The summed E-state index contributed by atoms with van der Waals surface area (Å²) in [7, 11) is 1.61. The number of nitrogens with one attached hydrogen (secondary N) is 2. The average molecular weight is 393 g/mol. The molecule has 2 atom stereocenters. The molecule has 152 valence electrons. The van der Waals surface area contributed by atoms with E-state index < -0.39 is 0 Å². The van der Waals surface area contributed by atoms with Crippen LogP contribution >= 0.6 is 0 Å². The second-order valence-electron chi connectivity index (χ2n) is 8.08. The molecule has 0 bridgehead atoms. The molecule has 0 radical (unpaired) electrons. The lowest BCUT2D eigenvalue weighted by Gasteiger charge is -2.33. The minimum atomic E-state index is 0.0109. The van der Waals surface area contributed by atoms with Crippen LogP contribution in [0.1, 0.15) is 40.7 Å². The van der Waals surface area contributed by atoms with Crippen LogP contribution in [0, 0.1) is 0 Å². The summed E-state index contributed by atoms with van der Waals surface area (Å²) in [5.41, 5.74) is 6.43. The Morgan fingerprint density at radius 2 is 2.21 bits per heavy atom. The van der Waals surface area contributed by atoms with Crippen molar-refractivity contribution in [3.05, 3.63) is 47.0 Å². The molecule has 29 heavy (non-hydrogen) atoms. The molecule has 3 aliphatic heterocycles. The molecule has 0 aliphatic carbocycles. The first-order valence-electron chi connectivity index (χ1n) is 10.3. The highest BCUT2D eigenvalue weighted by Gasteiger charge is 2.41. The number of methoxy groups -OCH3 is 1. The molecule has 1 fully saturated rings. The molecule has 0 unspecified atom stereocenters. The van der Waals surface area contributed by atoms with E-state index in [9.17, 15) is 4.79 Å². The number of hydrogen-bond acceptors (Lipinski definition) is 6. The van der Waals surface area contributed by atoms with Gasteiger partial charge in [-0.05, 0) is 55.8 Å². The van der Waals surface area contributed by atoms with Gasteiger partial charge in [0.15, 0.2) is 5.78 Å². The molecule has 2 N–H and O–H groups in total. The van der Waals surface area contributed by atoms with Crippen LogP contribution in [-0.2, 0) is 11.3 Å². The number of piperidine rings is 1. The molecule has 1 saturated heterocycles. The topological polar surface area (TPSA) is 62.8 Å². The van der Waals surface area contributed by atoms with Crippen LogP contribution in [0.3, 0.4) is 0 Å². The molecule has 0 amide bonds. The summed E-state index contributed by atoms with van der Waals surface area (Å²) >= 11 is 0. The van der Waals surface area contributed by atoms with Crippen molar-refractivity contribution in [3.63, 3.8) is 0 Å². The Morgan fingerprint density at radius 1 is 1.31 bits per heavy atom. The van der Waals surface area contributed by atoms with Crippen molar-refractivity contribution in [1.29, 1.82) is 0 Å². The van der Waals surface area contributed by atoms with Gasteiger partial charge in [-0.3, -0.25) is 4.79 Å². The van der Waals surface area contributed by atoms with Gasteiger partial charge < -0.3 is 25.0 Å². The van der Waals surface area contributed by atoms with Crippen LogP contribution in [0.5, 0.6) is 5.75 Å². The number of anilines is 3. The molecule has 0 aromatic heterocycles. The van der Waals surface area contributed by atoms with Crippen molar-refractivity contribution >= 4 is 22.8 Å². The highest BCUT2D eigenvalue weighted by atomic mass is 16.5. The molecule has 3 heterocycles. The summed E-state index contributed by atoms with van der Waals surface area (Å²) < 4.78 is 11.2. The Hall–Kier alpha value is -2.57. The van der Waals surface area contributed by atoms with Crippen LogP contribution in [0.4, 0.5) is 17.1 Å². The van der Waals surface area contributed by atoms with Crippen molar-refractivity contribution in [2.75, 3.05) is 43.6 Å². The highest BCUT2D eigenvalue weighted by molar-refractivity contribution is 6.00. The lowest BCUT2D eigenvalue weighted by molar-refractivity contribution is 0.101. The summed E-state index contributed by atoms with van der Waals surface area (Å²) in [5.74, 6) is 1.19. The van der Waals surface area contributed by atoms with Crippen LogP contribution in [0.25, 0.3) is 0 Å². The average Bonchev–Trinajstić information content (AvgIpc) is 2.89. The van der Waals surface area contributed by atoms with E-state index in [2.05, 4.69) is 27.7 Å². The first-order chi connectivity index (χ1) is 14.2. The van der Waals surface area contributed by atoms with E-state index in [-0.39, 0.29) is 5.78 Å². The monoisotopic (exact) mass is 393 g/mol. The Morgan fingerprint density at radius 3 is 3.03 bits per heavy atom. The minimum absolute atomic E-state index is 0.0109. The van der Waals surface area contributed by atoms with Crippen molar-refractivity contribution in [2.24, 2.45) is 0 Å². The minimum Gasteiger partial charge on any atom is -0.497 e. The standard InChI is InChI=1S/C23H27N3O3/c1-14(27)18-11-17(28-2)3-4-21(18)25-16-9-15-13-29-8-7-26-22-5-6-24-12-20(22)19(10-16)23(15)26/h3-4,9-11,20,22,24-25H,5-8,12-13H2,1-2H3/t20-,22-/m0/s1. The van der Waals surface area contributed by atoms with E-state index in [1.807, 2.05) is 12.1 Å². The number of ketones is 1. The largest absolute Gasteiger partial charge is 0.497 e. The van der Waals surface area contributed by atoms with Crippen molar-refractivity contribution in [3.8, 4) is 5.75 Å². The number of benzene rings is 2. The predicted molar refractivity (Wildman–Crippen MR) is 114 cm³/mol. The molecule has 5 rings (SSSR count). The number of carbonyl (C=O) groups excluding carboxylic acids is 1. The molecule has 0 spiro atoms. The van der Waals surface area contributed by atoms with E-state index in [0.29, 0.717) is 29.9 Å². The summed E-state index contributed by atoms with van der Waals surface area (Å²) in [5, 5.41) is 7.06. The second-order valence-corrected chi connectivity index (χ2v) is 8.08. The molecule has 2 aromatic carbocycles. The van der Waals surface area contributed by atoms with E-state index in [0.717, 1.165) is 44.0 Å². The Bertz CT molecular complexity index is 959. The molecule has 0 saturated carbocycles. The number of ether oxygens (including phenoxy) is 2. The number of nitrogens with zero attached hydrogens (tertiary/aromatic N) is 1. The van der Waals surface area contributed by atoms with Crippen molar-refractivity contribution < 1.29 is 14.3 Å². The summed E-state index contributed by atoms with van der Waals surface area (Å²) in [6.45, 7) is 6.02. The van der Waals surface area contributed by atoms with Crippen LogP contribution in [-0.4, -0.2) is 45.2 Å². The summed E-state index contributed by atoms with van der Waals surface area (Å²) in [4.78, 5) is 14.8. The molecule has 6 heteroatoms. The number of carbonyl (C=O) groups is 1. The molecule has 2 aromatic rings. The maximum absolute atomic E-state index is 12.2. The summed E-state index contributed by atoms with van der Waals surface area (Å²) in [6.07, 6.45) is 1.16. The van der Waals surface area contributed by atoms with Gasteiger partial charge in [0.1, 0.15) is 5.75 Å². The maximum atomic E-state index is 12.2.